The number of hydrogen-bond acceptors (Lipinski definition) is 6. The zero-order valence-electron chi connectivity index (χ0n) is 14.1. The number of nitrogens with zero attached hydrogens (tertiary/aromatic N) is 5. The second-order valence-corrected chi connectivity index (χ2v) is 8.79. The minimum atomic E-state index is -3.61. The number of imidazole rings is 1. The molecule has 2 fully saturated rings. The van der Waals surface area contributed by atoms with Crippen LogP contribution in [-0.4, -0.2) is 45.6 Å². The molecule has 0 spiro atoms. The van der Waals surface area contributed by atoms with E-state index in [1.54, 1.807) is 31.7 Å². The third kappa shape index (κ3) is 2.14. The van der Waals surface area contributed by atoms with Crippen molar-refractivity contribution in [3.05, 3.63) is 23.8 Å². The summed E-state index contributed by atoms with van der Waals surface area (Å²) in [7, 11) is -1.82. The van der Waals surface area contributed by atoms with Gasteiger partial charge >= 0.3 is 0 Å². The molecule has 0 amide bonds. The lowest BCUT2D eigenvalue weighted by Gasteiger charge is -2.24. The van der Waals surface area contributed by atoms with E-state index in [1.807, 2.05) is 0 Å². The van der Waals surface area contributed by atoms with Crippen LogP contribution in [0.2, 0.25) is 0 Å². The molecule has 0 unspecified atom stereocenters. The lowest BCUT2D eigenvalue weighted by Crippen LogP contribution is -2.35. The van der Waals surface area contributed by atoms with Crippen LogP contribution in [0.15, 0.2) is 15.6 Å². The van der Waals surface area contributed by atoms with Gasteiger partial charge in [0.15, 0.2) is 5.03 Å². The molecule has 1 aliphatic heterocycles. The first kappa shape index (κ1) is 15.8. The Labute approximate surface area is 140 Å². The molecule has 8 nitrogen and oxygen atoms in total. The summed E-state index contributed by atoms with van der Waals surface area (Å²) in [6, 6.07) is 0. The van der Waals surface area contributed by atoms with Crippen LogP contribution in [0.4, 0.5) is 0 Å². The number of aryl methyl sites for hydroxylation is 3. The van der Waals surface area contributed by atoms with Crippen LogP contribution >= 0.6 is 0 Å². The van der Waals surface area contributed by atoms with Crippen molar-refractivity contribution in [2.24, 2.45) is 13.0 Å². The van der Waals surface area contributed by atoms with Gasteiger partial charge in [-0.15, -0.1) is 10.2 Å². The smallest absolute Gasteiger partial charge is 0.262 e. The number of fused-ring (bicyclic) bond motifs is 1. The minimum Gasteiger partial charge on any atom is -0.425 e. The van der Waals surface area contributed by atoms with Crippen molar-refractivity contribution in [1.82, 2.24) is 24.1 Å². The highest BCUT2D eigenvalue weighted by Crippen LogP contribution is 2.51. The van der Waals surface area contributed by atoms with Gasteiger partial charge in [-0.1, -0.05) is 6.42 Å². The third-order valence-electron chi connectivity index (χ3n) is 5.48. The molecule has 24 heavy (non-hydrogen) atoms. The summed E-state index contributed by atoms with van der Waals surface area (Å²) >= 11 is 0. The predicted octanol–water partition coefficient (Wildman–Crippen LogP) is 1.16. The molecule has 3 heterocycles. The summed E-state index contributed by atoms with van der Waals surface area (Å²) in [4.78, 5) is 4.20. The fourth-order valence-electron chi connectivity index (χ4n) is 4.06. The lowest BCUT2D eigenvalue weighted by molar-refractivity contribution is 0.294. The van der Waals surface area contributed by atoms with Crippen molar-refractivity contribution in [3.8, 4) is 0 Å². The maximum atomic E-state index is 13.0. The van der Waals surface area contributed by atoms with Gasteiger partial charge in [-0.2, -0.15) is 4.31 Å². The van der Waals surface area contributed by atoms with Crippen LogP contribution in [0.5, 0.6) is 0 Å². The highest BCUT2D eigenvalue weighted by atomic mass is 32.2. The summed E-state index contributed by atoms with van der Waals surface area (Å²) in [5, 5.41) is 8.27. The van der Waals surface area contributed by atoms with Gasteiger partial charge in [0.05, 0.1) is 5.41 Å². The SMILES string of the molecule is Cc1nnc([C@]23CCC[C@H]2CN(S(=O)(=O)c2cn(C)c(C)n2)C3)o1. The van der Waals surface area contributed by atoms with Crippen LogP contribution in [0, 0.1) is 19.8 Å². The maximum absolute atomic E-state index is 13.0. The largest absolute Gasteiger partial charge is 0.425 e. The van der Waals surface area contributed by atoms with E-state index in [9.17, 15) is 8.42 Å². The minimum absolute atomic E-state index is 0.110. The van der Waals surface area contributed by atoms with E-state index in [0.717, 1.165) is 19.3 Å². The highest BCUT2D eigenvalue weighted by molar-refractivity contribution is 7.89. The van der Waals surface area contributed by atoms with Crippen molar-refractivity contribution < 1.29 is 12.8 Å². The van der Waals surface area contributed by atoms with E-state index < -0.39 is 10.0 Å². The first-order chi connectivity index (χ1) is 11.3. The molecule has 2 aromatic rings. The Hall–Kier alpha value is -1.74. The van der Waals surface area contributed by atoms with Crippen LogP contribution in [0.25, 0.3) is 0 Å². The van der Waals surface area contributed by atoms with E-state index in [2.05, 4.69) is 15.2 Å². The summed E-state index contributed by atoms with van der Waals surface area (Å²) in [5.41, 5.74) is -0.349. The molecule has 1 saturated heterocycles. The summed E-state index contributed by atoms with van der Waals surface area (Å²) in [6.07, 6.45) is 4.49. The molecule has 1 saturated carbocycles. The molecule has 0 radical (unpaired) electrons. The third-order valence-corrected chi connectivity index (χ3v) is 7.17. The fourth-order valence-corrected chi connectivity index (χ4v) is 5.64. The fraction of sp³-hybridized carbons (Fsp3) is 0.667. The second kappa shape index (κ2) is 5.13. The maximum Gasteiger partial charge on any atom is 0.262 e. The van der Waals surface area contributed by atoms with Crippen LogP contribution < -0.4 is 0 Å². The lowest BCUT2D eigenvalue weighted by atomic mass is 9.81. The van der Waals surface area contributed by atoms with Gasteiger partial charge in [0, 0.05) is 33.3 Å². The zero-order valence-corrected chi connectivity index (χ0v) is 14.9. The van der Waals surface area contributed by atoms with Gasteiger partial charge in [0.1, 0.15) is 5.82 Å². The molecular formula is C15H21N5O3S. The standard InChI is InChI=1S/C15H21N5O3S/c1-10-16-13(8-19(10)3)24(21,22)20-7-12-5-4-6-15(12,9-20)14-18-17-11(2)23-14/h8,12H,4-7,9H2,1-3H3/t12-,15-/m0/s1. The predicted molar refractivity (Wildman–Crippen MR) is 84.8 cm³/mol. The van der Waals surface area contributed by atoms with Gasteiger partial charge in [-0.25, -0.2) is 13.4 Å². The Bertz CT molecular complexity index is 867. The molecule has 4 rings (SSSR count). The van der Waals surface area contributed by atoms with Gasteiger partial charge in [0.2, 0.25) is 11.8 Å². The number of hydrogen-bond donors (Lipinski definition) is 0. The molecule has 1 aliphatic carbocycles. The van der Waals surface area contributed by atoms with Crippen molar-refractivity contribution in [2.75, 3.05) is 13.1 Å². The Kier molecular flexibility index (Phi) is 3.37. The van der Waals surface area contributed by atoms with E-state index in [0.29, 0.717) is 30.7 Å². The first-order valence-electron chi connectivity index (χ1n) is 8.14. The average molecular weight is 351 g/mol. The molecule has 0 bridgehead atoms. The average Bonchev–Trinajstić information content (AvgIpc) is 3.23. The molecular weight excluding hydrogens is 330 g/mol. The van der Waals surface area contributed by atoms with E-state index in [-0.39, 0.29) is 16.4 Å². The Morgan fingerprint density at radius 2 is 2.12 bits per heavy atom. The first-order valence-corrected chi connectivity index (χ1v) is 9.58. The molecule has 9 heteroatoms. The molecule has 2 aromatic heterocycles. The number of aromatic nitrogens is 4. The van der Waals surface area contributed by atoms with Crippen LogP contribution in [0.3, 0.4) is 0 Å². The quantitative estimate of drug-likeness (QED) is 0.824. The molecule has 0 N–H and O–H groups in total. The summed E-state index contributed by atoms with van der Waals surface area (Å²) in [5.74, 6) is 2.00. The van der Waals surface area contributed by atoms with Crippen LogP contribution in [-0.2, 0) is 22.5 Å². The zero-order chi connectivity index (χ0) is 17.1. The second-order valence-electron chi connectivity index (χ2n) is 6.91. The van der Waals surface area contributed by atoms with Crippen molar-refractivity contribution in [3.63, 3.8) is 0 Å². The normalized spacial score (nSPS) is 27.7. The van der Waals surface area contributed by atoms with Gasteiger partial charge in [0.25, 0.3) is 10.0 Å². The molecule has 130 valence electrons. The van der Waals surface area contributed by atoms with Gasteiger partial charge in [-0.3, -0.25) is 0 Å². The summed E-state index contributed by atoms with van der Waals surface area (Å²) in [6.45, 7) is 4.42. The van der Waals surface area contributed by atoms with E-state index >= 15 is 0 Å². The molecule has 2 atom stereocenters. The van der Waals surface area contributed by atoms with E-state index in [1.165, 1.54) is 4.31 Å². The molecule has 2 aliphatic rings. The van der Waals surface area contributed by atoms with Gasteiger partial charge < -0.3 is 8.98 Å². The number of sulfonamides is 1. The Morgan fingerprint density at radius 3 is 2.75 bits per heavy atom. The molecule has 0 aromatic carbocycles. The van der Waals surface area contributed by atoms with Gasteiger partial charge in [-0.05, 0) is 25.7 Å². The highest BCUT2D eigenvalue weighted by Gasteiger charge is 2.56. The summed E-state index contributed by atoms with van der Waals surface area (Å²) < 4.78 is 34.9. The topological polar surface area (TPSA) is 94.1 Å². The van der Waals surface area contributed by atoms with Crippen molar-refractivity contribution in [2.45, 2.75) is 43.6 Å². The monoisotopic (exact) mass is 351 g/mol. The van der Waals surface area contributed by atoms with Crippen molar-refractivity contribution >= 4 is 10.0 Å². The van der Waals surface area contributed by atoms with E-state index in [4.69, 9.17) is 4.42 Å². The Morgan fingerprint density at radius 1 is 1.33 bits per heavy atom. The Balaban J connectivity index is 1.70. The van der Waals surface area contributed by atoms with Crippen LogP contribution in [0.1, 0.15) is 36.9 Å². The number of rotatable bonds is 3. The van der Waals surface area contributed by atoms with Crippen molar-refractivity contribution in [1.29, 1.82) is 0 Å².